The first-order valence-corrected chi connectivity index (χ1v) is 17.6. The molecule has 0 aliphatic carbocycles. The van der Waals surface area contributed by atoms with Crippen LogP contribution in [0.2, 0.25) is 0 Å². The number of likely N-dealkylation sites (N-methyl/N-ethyl adjacent to an activating group) is 1. The maximum atomic E-state index is 13.9. The van der Waals surface area contributed by atoms with Gasteiger partial charge in [-0.2, -0.15) is 0 Å². The van der Waals surface area contributed by atoms with Crippen molar-refractivity contribution < 1.29 is 33.6 Å². The van der Waals surface area contributed by atoms with Crippen molar-refractivity contribution in [3.05, 3.63) is 64.7 Å². The fourth-order valence-electron chi connectivity index (χ4n) is 5.44. The van der Waals surface area contributed by atoms with Crippen LogP contribution in [0.3, 0.4) is 0 Å². The van der Waals surface area contributed by atoms with Crippen LogP contribution in [0.5, 0.6) is 5.75 Å². The highest BCUT2D eigenvalue weighted by molar-refractivity contribution is 7.84. The van der Waals surface area contributed by atoms with E-state index in [9.17, 15) is 33.6 Å². The molecule has 0 fully saturated rings. The van der Waals surface area contributed by atoms with Crippen molar-refractivity contribution in [2.24, 2.45) is 16.5 Å². The SMILES string of the molecule is CC(N)=N[C@@H](Cc1c(C)cc(O)cc1C)C(=O)N[C@H](CCS(C)=O)C(=O)N[C@@H](Cc1ccccc1)C(=O)N(C)[C@@H](CCCCN)C(=O)O. The Balaban J connectivity index is 2.41. The third kappa shape index (κ3) is 12.7. The van der Waals surface area contributed by atoms with E-state index in [1.165, 1.54) is 20.2 Å². The number of nitrogens with two attached hydrogens (primary N) is 2. The molecule has 5 atom stereocenters. The molecule has 0 heterocycles. The van der Waals surface area contributed by atoms with Crippen LogP contribution in [-0.2, 0) is 42.8 Å². The van der Waals surface area contributed by atoms with Gasteiger partial charge in [-0.15, -0.1) is 0 Å². The molecule has 13 nitrogen and oxygen atoms in total. The van der Waals surface area contributed by atoms with Crippen LogP contribution in [0.15, 0.2) is 47.5 Å². The van der Waals surface area contributed by atoms with Crippen molar-refractivity contribution in [2.75, 3.05) is 25.6 Å². The average Bonchev–Trinajstić information content (AvgIpc) is 3.01. The fourth-order valence-corrected chi connectivity index (χ4v) is 6.00. The standard InChI is InChI=1S/C34H50N6O7S/c1-21-17-25(41)18-22(2)26(21)20-28(37-23(3)36)32(43)38-27(14-16-48(5)47)31(42)39-29(19-24-11-7-6-8-12-24)33(44)40(4)30(34(45)46)13-9-10-15-35/h6-8,11-12,17-18,27-30,41H,9-10,13-16,19-20,35H2,1-5H3,(H2,36,37)(H,38,43)(H,39,42)(H,45,46)/t27-,28+,29+,30+,48?/m1/s1. The molecule has 0 saturated heterocycles. The molecule has 2 aromatic carbocycles. The summed E-state index contributed by atoms with van der Waals surface area (Å²) in [7, 11) is 0.0820. The van der Waals surface area contributed by atoms with E-state index in [1.54, 1.807) is 50.2 Å². The van der Waals surface area contributed by atoms with Gasteiger partial charge in [0.05, 0.1) is 5.84 Å². The molecule has 2 rings (SSSR count). The molecular weight excluding hydrogens is 636 g/mol. The number of carbonyl (C=O) groups is 4. The summed E-state index contributed by atoms with van der Waals surface area (Å²) in [6, 6.07) is 7.57. The van der Waals surface area contributed by atoms with Crippen molar-refractivity contribution in [1.29, 1.82) is 0 Å². The normalized spacial score (nSPS) is 14.7. The number of unbranched alkanes of at least 4 members (excludes halogenated alkanes) is 1. The van der Waals surface area contributed by atoms with E-state index < -0.39 is 58.7 Å². The Labute approximate surface area is 285 Å². The highest BCUT2D eigenvalue weighted by Gasteiger charge is 2.34. The lowest BCUT2D eigenvalue weighted by Gasteiger charge is -2.30. The second-order valence-electron chi connectivity index (χ2n) is 12.0. The van der Waals surface area contributed by atoms with E-state index in [0.717, 1.165) is 27.2 Å². The molecule has 14 heteroatoms. The number of phenols is 1. The molecule has 0 aromatic heterocycles. The number of carbonyl (C=O) groups excluding carboxylic acids is 3. The van der Waals surface area contributed by atoms with Crippen molar-refractivity contribution in [3.8, 4) is 5.75 Å². The maximum Gasteiger partial charge on any atom is 0.326 e. The number of aryl methyl sites for hydroxylation is 2. The first-order chi connectivity index (χ1) is 22.6. The molecule has 0 aliphatic rings. The van der Waals surface area contributed by atoms with Gasteiger partial charge >= 0.3 is 5.97 Å². The number of aliphatic carboxylic acids is 1. The lowest BCUT2D eigenvalue weighted by molar-refractivity contribution is -0.150. The summed E-state index contributed by atoms with van der Waals surface area (Å²) in [6.45, 7) is 5.53. The number of nitrogens with zero attached hydrogens (tertiary/aromatic N) is 2. The molecule has 2 aromatic rings. The molecule has 0 spiro atoms. The first-order valence-electron chi connectivity index (χ1n) is 15.9. The second-order valence-corrected chi connectivity index (χ2v) is 13.6. The summed E-state index contributed by atoms with van der Waals surface area (Å²) >= 11 is 0. The van der Waals surface area contributed by atoms with Crippen LogP contribution < -0.4 is 22.1 Å². The van der Waals surface area contributed by atoms with E-state index >= 15 is 0 Å². The Kier molecular flexibility index (Phi) is 16.2. The number of hydrogen-bond acceptors (Lipinski definition) is 8. The zero-order chi connectivity index (χ0) is 36.0. The molecule has 48 heavy (non-hydrogen) atoms. The summed E-state index contributed by atoms with van der Waals surface area (Å²) in [4.78, 5) is 59.0. The zero-order valence-electron chi connectivity index (χ0n) is 28.4. The van der Waals surface area contributed by atoms with Gasteiger partial charge in [-0.25, -0.2) is 4.79 Å². The van der Waals surface area contributed by atoms with Gasteiger partial charge in [0, 0.05) is 42.7 Å². The monoisotopic (exact) mass is 686 g/mol. The molecule has 264 valence electrons. The number of carboxylic acids is 1. The lowest BCUT2D eigenvalue weighted by atomic mass is 9.95. The number of aromatic hydroxyl groups is 1. The number of rotatable bonds is 19. The van der Waals surface area contributed by atoms with E-state index in [2.05, 4.69) is 15.6 Å². The van der Waals surface area contributed by atoms with Gasteiger partial charge in [0.25, 0.3) is 0 Å². The fraction of sp³-hybridized carbons (Fsp3) is 0.500. The van der Waals surface area contributed by atoms with Gasteiger partial charge in [0.1, 0.15) is 29.9 Å². The minimum atomic E-state index is -1.31. The molecule has 0 radical (unpaired) electrons. The summed E-state index contributed by atoms with van der Waals surface area (Å²) in [5.74, 6) is -2.78. The number of phenolic OH excluding ortho intramolecular Hbond substituents is 1. The van der Waals surface area contributed by atoms with E-state index in [-0.39, 0.29) is 43.0 Å². The van der Waals surface area contributed by atoms with Gasteiger partial charge in [-0.1, -0.05) is 30.3 Å². The Bertz CT molecular complexity index is 1440. The number of carboxylic acid groups (broad SMARTS) is 1. The van der Waals surface area contributed by atoms with Gasteiger partial charge in [0.2, 0.25) is 17.7 Å². The minimum absolute atomic E-state index is 0.00504. The number of amidine groups is 1. The van der Waals surface area contributed by atoms with Crippen molar-refractivity contribution in [1.82, 2.24) is 15.5 Å². The Morgan fingerprint density at radius 1 is 0.958 bits per heavy atom. The van der Waals surface area contributed by atoms with Crippen LogP contribution in [0.25, 0.3) is 0 Å². The van der Waals surface area contributed by atoms with Gasteiger partial charge < -0.3 is 37.2 Å². The minimum Gasteiger partial charge on any atom is -0.508 e. The maximum absolute atomic E-state index is 13.9. The van der Waals surface area contributed by atoms with Crippen molar-refractivity contribution >= 4 is 40.3 Å². The summed E-state index contributed by atoms with van der Waals surface area (Å²) < 4.78 is 12.1. The van der Waals surface area contributed by atoms with Gasteiger partial charge in [-0.3, -0.25) is 23.6 Å². The molecule has 3 amide bonds. The van der Waals surface area contributed by atoms with Crippen LogP contribution in [0, 0.1) is 13.8 Å². The van der Waals surface area contributed by atoms with Crippen LogP contribution in [0.4, 0.5) is 0 Å². The summed E-state index contributed by atoms with van der Waals surface area (Å²) in [5.41, 5.74) is 14.5. The highest BCUT2D eigenvalue weighted by Crippen LogP contribution is 2.23. The Morgan fingerprint density at radius 3 is 2.10 bits per heavy atom. The predicted octanol–water partition coefficient (Wildman–Crippen LogP) is 1.32. The molecule has 1 unspecified atom stereocenters. The van der Waals surface area contributed by atoms with E-state index in [0.29, 0.717) is 19.4 Å². The number of aliphatic imine (C=N–C) groups is 1. The third-order valence-electron chi connectivity index (χ3n) is 8.00. The van der Waals surface area contributed by atoms with Gasteiger partial charge in [0.15, 0.2) is 0 Å². The molecule has 8 N–H and O–H groups in total. The summed E-state index contributed by atoms with van der Waals surface area (Å²) in [5, 5.41) is 25.4. The summed E-state index contributed by atoms with van der Waals surface area (Å²) in [6.07, 6.45) is 2.94. The molecule has 0 bridgehead atoms. The third-order valence-corrected chi connectivity index (χ3v) is 8.81. The number of hydrogen-bond donors (Lipinski definition) is 6. The largest absolute Gasteiger partial charge is 0.508 e. The topological polar surface area (TPSA) is 218 Å². The Morgan fingerprint density at radius 2 is 1.56 bits per heavy atom. The van der Waals surface area contributed by atoms with Crippen LogP contribution in [-0.4, -0.2) is 98.6 Å². The number of amides is 3. The van der Waals surface area contributed by atoms with Crippen molar-refractivity contribution in [3.63, 3.8) is 0 Å². The number of nitrogens with one attached hydrogen (secondary N) is 2. The number of benzene rings is 2. The van der Waals surface area contributed by atoms with E-state index in [1.807, 2.05) is 6.07 Å². The predicted molar refractivity (Wildman–Crippen MR) is 187 cm³/mol. The van der Waals surface area contributed by atoms with Crippen molar-refractivity contribution in [2.45, 2.75) is 83.5 Å². The van der Waals surface area contributed by atoms with Gasteiger partial charge in [-0.05, 0) is 87.4 Å². The highest BCUT2D eigenvalue weighted by atomic mass is 32.2. The first kappa shape index (κ1) is 39.9. The Hall–Kier alpha value is -4.30. The molecule has 0 aliphatic heterocycles. The zero-order valence-corrected chi connectivity index (χ0v) is 29.2. The molecule has 0 saturated carbocycles. The van der Waals surface area contributed by atoms with E-state index in [4.69, 9.17) is 11.5 Å². The van der Waals surface area contributed by atoms with Crippen LogP contribution in [0.1, 0.15) is 54.9 Å². The average molecular weight is 687 g/mol. The second kappa shape index (κ2) is 19.5. The smallest absolute Gasteiger partial charge is 0.326 e. The quantitative estimate of drug-likeness (QED) is 0.0712. The van der Waals surface area contributed by atoms with Crippen LogP contribution >= 0.6 is 0 Å². The molecular formula is C34H50N6O7S. The lowest BCUT2D eigenvalue weighted by Crippen LogP contribution is -2.57.